The van der Waals surface area contributed by atoms with Crippen LogP contribution in [0.2, 0.25) is 0 Å². The summed E-state index contributed by atoms with van der Waals surface area (Å²) in [6.07, 6.45) is 9.65. The standard InChI is InChI=1S/C38H66N8O6/c1-37(2,3)51-35(48)45(19-11-20-46(30-12-9-8-10-13-30)36(49)52-38(4,5)6)27-28-14-16-29(17-15-28)40-34-41-31(39)26-32(42-34)44-24-22-43(23-25-44)21-18-33(47)50-7/h26,28-30H,8-25,27H2,1-7H3,(H3,39,40,41,42). The summed E-state index contributed by atoms with van der Waals surface area (Å²) in [4.78, 5) is 55.8. The normalized spacial score (nSPS) is 20.6. The molecular weight excluding hydrogens is 664 g/mol. The predicted octanol–water partition coefficient (Wildman–Crippen LogP) is 5.91. The number of rotatable bonds is 13. The highest BCUT2D eigenvalue weighted by Gasteiger charge is 2.32. The Morgan fingerprint density at radius 1 is 0.865 bits per heavy atom. The zero-order valence-electron chi connectivity index (χ0n) is 33.0. The van der Waals surface area contributed by atoms with Crippen LogP contribution in [0.25, 0.3) is 0 Å². The minimum atomic E-state index is -0.601. The second-order valence-corrected chi connectivity index (χ2v) is 16.7. The van der Waals surface area contributed by atoms with Gasteiger partial charge in [-0.25, -0.2) is 9.59 Å². The van der Waals surface area contributed by atoms with Gasteiger partial charge in [0.05, 0.1) is 13.5 Å². The average molecular weight is 731 g/mol. The van der Waals surface area contributed by atoms with E-state index in [4.69, 9.17) is 24.9 Å². The second-order valence-electron chi connectivity index (χ2n) is 16.7. The molecule has 2 amide bonds. The van der Waals surface area contributed by atoms with E-state index in [1.807, 2.05) is 57.4 Å². The highest BCUT2D eigenvalue weighted by Crippen LogP contribution is 2.29. The summed E-state index contributed by atoms with van der Waals surface area (Å²) in [5.74, 6) is 1.91. The zero-order chi connectivity index (χ0) is 37.9. The first-order chi connectivity index (χ1) is 24.6. The number of carbonyl (C=O) groups is 3. The lowest BCUT2D eigenvalue weighted by Gasteiger charge is -2.37. The molecular formula is C38H66N8O6. The van der Waals surface area contributed by atoms with Crippen LogP contribution in [0.5, 0.6) is 0 Å². The van der Waals surface area contributed by atoms with Crippen molar-refractivity contribution in [1.29, 1.82) is 0 Å². The number of methoxy groups -OCH3 is 1. The molecule has 4 rings (SSSR count). The molecule has 1 aliphatic heterocycles. The number of nitrogen functional groups attached to an aromatic ring is 1. The molecule has 2 heterocycles. The van der Waals surface area contributed by atoms with E-state index >= 15 is 0 Å². The van der Waals surface area contributed by atoms with Crippen LogP contribution in [0.4, 0.5) is 27.2 Å². The molecule has 1 aromatic heterocycles. The monoisotopic (exact) mass is 731 g/mol. The first-order valence-electron chi connectivity index (χ1n) is 19.5. The van der Waals surface area contributed by atoms with E-state index in [2.05, 4.69) is 20.1 Å². The summed E-state index contributed by atoms with van der Waals surface area (Å²) in [7, 11) is 1.42. The molecule has 0 aromatic carbocycles. The zero-order valence-corrected chi connectivity index (χ0v) is 33.0. The first-order valence-corrected chi connectivity index (χ1v) is 19.5. The Bertz CT molecular complexity index is 1300. The molecule has 14 heteroatoms. The Morgan fingerprint density at radius 3 is 2.12 bits per heavy atom. The van der Waals surface area contributed by atoms with E-state index < -0.39 is 11.2 Å². The molecule has 52 heavy (non-hydrogen) atoms. The number of hydrogen-bond acceptors (Lipinski definition) is 12. The molecule has 0 atom stereocenters. The number of carbonyl (C=O) groups excluding carboxylic acids is 3. The Kier molecular flexibility index (Phi) is 15.0. The van der Waals surface area contributed by atoms with Crippen LogP contribution in [-0.4, -0.2) is 126 Å². The van der Waals surface area contributed by atoms with Gasteiger partial charge in [0.2, 0.25) is 5.95 Å². The lowest BCUT2D eigenvalue weighted by atomic mass is 9.85. The maximum Gasteiger partial charge on any atom is 0.410 e. The minimum Gasteiger partial charge on any atom is -0.469 e. The topological polar surface area (TPSA) is 156 Å². The van der Waals surface area contributed by atoms with Gasteiger partial charge in [-0.05, 0) is 92.4 Å². The summed E-state index contributed by atoms with van der Waals surface area (Å²) in [5.41, 5.74) is 5.07. The van der Waals surface area contributed by atoms with Crippen LogP contribution < -0.4 is 16.0 Å². The van der Waals surface area contributed by atoms with Gasteiger partial charge in [-0.3, -0.25) is 9.69 Å². The third-order valence-corrected chi connectivity index (χ3v) is 10.1. The number of amides is 2. The molecule has 14 nitrogen and oxygen atoms in total. The molecule has 0 bridgehead atoms. The maximum atomic E-state index is 13.5. The highest BCUT2D eigenvalue weighted by atomic mass is 16.6. The van der Waals surface area contributed by atoms with Crippen molar-refractivity contribution in [3.8, 4) is 0 Å². The molecule has 1 aromatic rings. The smallest absolute Gasteiger partial charge is 0.410 e. The van der Waals surface area contributed by atoms with Crippen LogP contribution >= 0.6 is 0 Å². The van der Waals surface area contributed by atoms with Gasteiger partial charge in [0, 0.05) is 70.5 Å². The van der Waals surface area contributed by atoms with E-state index in [1.54, 1.807) is 0 Å². The average Bonchev–Trinajstić information content (AvgIpc) is 3.08. The fourth-order valence-corrected chi connectivity index (χ4v) is 7.37. The van der Waals surface area contributed by atoms with E-state index in [0.717, 1.165) is 83.4 Å². The SMILES string of the molecule is COC(=O)CCN1CCN(c2cc(N)nc(NC3CCC(CN(CCCN(C(=O)OC(C)(C)C)C4CCCCC4)C(=O)OC(C)(C)C)CC3)n2)CC1. The van der Waals surface area contributed by atoms with Crippen molar-refractivity contribution in [3.63, 3.8) is 0 Å². The van der Waals surface area contributed by atoms with Crippen LogP contribution in [-0.2, 0) is 19.0 Å². The largest absolute Gasteiger partial charge is 0.469 e. The summed E-state index contributed by atoms with van der Waals surface area (Å²) >= 11 is 0. The van der Waals surface area contributed by atoms with Gasteiger partial charge < -0.3 is 40.0 Å². The molecule has 0 unspecified atom stereocenters. The fraction of sp³-hybridized carbons (Fsp3) is 0.816. The Hall–Kier alpha value is -3.55. The maximum absolute atomic E-state index is 13.5. The van der Waals surface area contributed by atoms with Gasteiger partial charge in [-0.1, -0.05) is 19.3 Å². The van der Waals surface area contributed by atoms with Gasteiger partial charge in [0.15, 0.2) is 0 Å². The van der Waals surface area contributed by atoms with Gasteiger partial charge in [0.25, 0.3) is 0 Å². The van der Waals surface area contributed by atoms with Crippen LogP contribution in [0, 0.1) is 5.92 Å². The molecule has 0 radical (unpaired) electrons. The van der Waals surface area contributed by atoms with Crippen LogP contribution in [0.1, 0.15) is 112 Å². The molecule has 2 aliphatic carbocycles. The summed E-state index contributed by atoms with van der Waals surface area (Å²) in [5, 5.41) is 3.54. The lowest BCUT2D eigenvalue weighted by Crippen LogP contribution is -2.47. The molecule has 1 saturated heterocycles. The number of aromatic nitrogens is 2. The number of esters is 1. The first kappa shape index (κ1) is 41.2. The molecule has 294 valence electrons. The molecule has 0 spiro atoms. The third-order valence-electron chi connectivity index (χ3n) is 10.1. The van der Waals surface area contributed by atoms with Crippen molar-refractivity contribution in [2.24, 2.45) is 5.92 Å². The fourth-order valence-electron chi connectivity index (χ4n) is 7.37. The quantitative estimate of drug-likeness (QED) is 0.183. The van der Waals surface area contributed by atoms with E-state index in [-0.39, 0.29) is 30.2 Å². The Labute approximate surface area is 311 Å². The lowest BCUT2D eigenvalue weighted by molar-refractivity contribution is -0.141. The predicted molar refractivity (Wildman–Crippen MR) is 203 cm³/mol. The number of hydrogen-bond donors (Lipinski definition) is 2. The minimum absolute atomic E-state index is 0.177. The number of piperazine rings is 1. The van der Waals surface area contributed by atoms with Crippen molar-refractivity contribution in [3.05, 3.63) is 6.07 Å². The third kappa shape index (κ3) is 13.8. The number of nitrogens with two attached hydrogens (primary N) is 1. The van der Waals surface area contributed by atoms with E-state index in [1.165, 1.54) is 13.5 Å². The molecule has 3 N–H and O–H groups in total. The Morgan fingerprint density at radius 2 is 1.50 bits per heavy atom. The molecule has 3 fully saturated rings. The Balaban J connectivity index is 1.30. The van der Waals surface area contributed by atoms with Crippen molar-refractivity contribution in [2.45, 2.75) is 135 Å². The number of anilines is 3. The summed E-state index contributed by atoms with van der Waals surface area (Å²) in [6.45, 7) is 17.0. The van der Waals surface area contributed by atoms with Gasteiger partial charge >= 0.3 is 18.2 Å². The van der Waals surface area contributed by atoms with E-state index in [9.17, 15) is 14.4 Å². The van der Waals surface area contributed by atoms with Crippen LogP contribution in [0.15, 0.2) is 6.07 Å². The summed E-state index contributed by atoms with van der Waals surface area (Å²) in [6, 6.07) is 2.20. The highest BCUT2D eigenvalue weighted by molar-refractivity contribution is 5.69. The van der Waals surface area contributed by atoms with Crippen molar-refractivity contribution < 1.29 is 28.6 Å². The van der Waals surface area contributed by atoms with Crippen LogP contribution in [0.3, 0.4) is 0 Å². The molecule has 2 saturated carbocycles. The van der Waals surface area contributed by atoms with Crippen molar-refractivity contribution in [2.75, 3.05) is 75.4 Å². The molecule has 3 aliphatic rings. The second kappa shape index (κ2) is 19.0. The number of nitrogens with one attached hydrogen (secondary N) is 1. The van der Waals surface area contributed by atoms with Crippen molar-refractivity contribution >= 4 is 35.7 Å². The number of ether oxygens (including phenoxy) is 3. The summed E-state index contributed by atoms with van der Waals surface area (Å²) < 4.78 is 16.4. The van der Waals surface area contributed by atoms with Crippen molar-refractivity contribution in [1.82, 2.24) is 24.7 Å². The van der Waals surface area contributed by atoms with Gasteiger partial charge in [-0.2, -0.15) is 9.97 Å². The van der Waals surface area contributed by atoms with E-state index in [0.29, 0.717) is 56.7 Å². The van der Waals surface area contributed by atoms with Gasteiger partial charge in [-0.15, -0.1) is 0 Å². The van der Waals surface area contributed by atoms with Gasteiger partial charge in [0.1, 0.15) is 22.8 Å². The number of nitrogens with zero attached hydrogens (tertiary/aromatic N) is 6.